The fraction of sp³-hybridized carbons (Fsp3) is 0.400. The molecule has 1 heterocycles. The number of aryl methyl sites for hydroxylation is 1. The number of benzene rings is 1. The van der Waals surface area contributed by atoms with Crippen molar-refractivity contribution in [2.75, 3.05) is 0 Å². The summed E-state index contributed by atoms with van der Waals surface area (Å²) in [5, 5.41) is 7.10. The monoisotopic (exact) mass is 310 g/mol. The van der Waals surface area contributed by atoms with E-state index in [1.807, 2.05) is 30.5 Å². The van der Waals surface area contributed by atoms with Gasteiger partial charge in [-0.2, -0.15) is 0 Å². The number of aromatic nitrogens is 1. The minimum Gasteiger partial charge on any atom is -0.486 e. The zero-order valence-corrected chi connectivity index (χ0v) is 13.5. The summed E-state index contributed by atoms with van der Waals surface area (Å²) in [5.74, 6) is 0.818. The molecule has 0 saturated heterocycles. The Morgan fingerprint density at radius 3 is 2.85 bits per heavy atom. The van der Waals surface area contributed by atoms with Crippen LogP contribution in [-0.2, 0) is 13.2 Å². The Morgan fingerprint density at radius 1 is 1.40 bits per heavy atom. The van der Waals surface area contributed by atoms with Crippen LogP contribution in [0.5, 0.6) is 5.75 Å². The second kappa shape index (κ2) is 7.07. The Hall–Kier alpha value is -1.10. The summed E-state index contributed by atoms with van der Waals surface area (Å²) in [6.07, 6.45) is 0. The predicted molar refractivity (Wildman–Crippen MR) is 84.6 cm³/mol. The van der Waals surface area contributed by atoms with Gasteiger partial charge in [0.25, 0.3) is 0 Å². The zero-order valence-electron chi connectivity index (χ0n) is 11.9. The molecule has 20 heavy (non-hydrogen) atoms. The predicted octanol–water partition coefficient (Wildman–Crippen LogP) is 4.18. The lowest BCUT2D eigenvalue weighted by Crippen LogP contribution is -2.22. The van der Waals surface area contributed by atoms with Gasteiger partial charge < -0.3 is 10.1 Å². The van der Waals surface area contributed by atoms with Crippen LogP contribution in [0.4, 0.5) is 0 Å². The van der Waals surface area contributed by atoms with E-state index in [-0.39, 0.29) is 0 Å². The Balaban J connectivity index is 2.08. The van der Waals surface area contributed by atoms with Crippen molar-refractivity contribution < 1.29 is 4.74 Å². The highest BCUT2D eigenvalue weighted by Crippen LogP contribution is 2.27. The van der Waals surface area contributed by atoms with E-state index in [9.17, 15) is 0 Å². The summed E-state index contributed by atoms with van der Waals surface area (Å²) >= 11 is 7.88. The summed E-state index contributed by atoms with van der Waals surface area (Å²) in [6, 6.07) is 6.15. The number of hydrogen-bond acceptors (Lipinski definition) is 4. The van der Waals surface area contributed by atoms with Gasteiger partial charge in [0, 0.05) is 34.2 Å². The van der Waals surface area contributed by atoms with Crippen molar-refractivity contribution in [2.24, 2.45) is 0 Å². The molecule has 0 fully saturated rings. The molecule has 0 spiro atoms. The zero-order chi connectivity index (χ0) is 14.5. The Morgan fingerprint density at radius 2 is 2.20 bits per heavy atom. The molecule has 108 valence electrons. The van der Waals surface area contributed by atoms with E-state index in [4.69, 9.17) is 16.3 Å². The topological polar surface area (TPSA) is 34.1 Å². The van der Waals surface area contributed by atoms with Crippen molar-refractivity contribution in [1.82, 2.24) is 10.3 Å². The van der Waals surface area contributed by atoms with E-state index in [1.54, 1.807) is 11.3 Å². The molecule has 1 aromatic carbocycles. The molecule has 0 atom stereocenters. The van der Waals surface area contributed by atoms with Crippen LogP contribution in [0.2, 0.25) is 5.02 Å². The Labute approximate surface area is 129 Å². The minimum atomic E-state index is 0.403. The number of rotatable bonds is 6. The van der Waals surface area contributed by atoms with Gasteiger partial charge in [-0.25, -0.2) is 4.98 Å². The largest absolute Gasteiger partial charge is 0.486 e. The van der Waals surface area contributed by atoms with Crippen LogP contribution in [0.3, 0.4) is 0 Å². The van der Waals surface area contributed by atoms with Crippen LogP contribution < -0.4 is 10.1 Å². The molecule has 3 nitrogen and oxygen atoms in total. The van der Waals surface area contributed by atoms with Gasteiger partial charge in [0.15, 0.2) is 0 Å². The molecule has 0 bridgehead atoms. The van der Waals surface area contributed by atoms with E-state index in [0.29, 0.717) is 19.2 Å². The average molecular weight is 311 g/mol. The van der Waals surface area contributed by atoms with Crippen LogP contribution in [0.25, 0.3) is 0 Å². The molecule has 1 N–H and O–H groups in total. The van der Waals surface area contributed by atoms with Gasteiger partial charge in [0.1, 0.15) is 17.4 Å². The van der Waals surface area contributed by atoms with E-state index in [1.165, 1.54) is 0 Å². The Kier molecular flexibility index (Phi) is 5.40. The second-order valence-corrected chi connectivity index (χ2v) is 6.27. The third-order valence-corrected chi connectivity index (χ3v) is 4.07. The summed E-state index contributed by atoms with van der Waals surface area (Å²) in [5.41, 5.74) is 2.03. The maximum Gasteiger partial charge on any atom is 0.140 e. The quantitative estimate of drug-likeness (QED) is 0.869. The van der Waals surface area contributed by atoms with Gasteiger partial charge in [0.05, 0.1) is 0 Å². The molecule has 0 unspecified atom stereocenters. The molecular formula is C15H19ClN2OS. The third-order valence-electron chi connectivity index (χ3n) is 2.78. The average Bonchev–Trinajstić information content (AvgIpc) is 2.81. The first kappa shape index (κ1) is 15.3. The fourth-order valence-electron chi connectivity index (χ4n) is 1.76. The molecule has 0 aliphatic heterocycles. The van der Waals surface area contributed by atoms with Crippen molar-refractivity contribution in [3.63, 3.8) is 0 Å². The number of thiazole rings is 1. The fourth-order valence-corrected chi connectivity index (χ4v) is 2.68. The number of nitrogens with zero attached hydrogens (tertiary/aromatic N) is 1. The molecule has 0 aliphatic carbocycles. The van der Waals surface area contributed by atoms with Crippen molar-refractivity contribution in [1.29, 1.82) is 0 Å². The van der Waals surface area contributed by atoms with Crippen LogP contribution in [0, 0.1) is 6.92 Å². The van der Waals surface area contributed by atoms with Gasteiger partial charge in [0.2, 0.25) is 0 Å². The SMILES string of the molecule is Cc1csc(COc2cccc(Cl)c2CNC(C)C)n1. The molecule has 0 saturated carbocycles. The summed E-state index contributed by atoms with van der Waals surface area (Å²) in [6.45, 7) is 7.37. The summed E-state index contributed by atoms with van der Waals surface area (Å²) < 4.78 is 5.87. The standard InChI is InChI=1S/C15H19ClN2OS/c1-10(2)17-7-12-13(16)5-4-6-14(12)19-8-15-18-11(3)9-20-15/h4-6,9-10,17H,7-8H2,1-3H3. The first-order valence-corrected chi connectivity index (χ1v) is 7.86. The highest BCUT2D eigenvalue weighted by Gasteiger charge is 2.10. The summed E-state index contributed by atoms with van der Waals surface area (Å²) in [7, 11) is 0. The van der Waals surface area contributed by atoms with E-state index in [0.717, 1.165) is 27.0 Å². The first-order chi connectivity index (χ1) is 9.56. The molecule has 0 aliphatic rings. The smallest absolute Gasteiger partial charge is 0.140 e. The van der Waals surface area contributed by atoms with Crippen LogP contribution in [0.1, 0.15) is 30.1 Å². The van der Waals surface area contributed by atoms with Crippen molar-refractivity contribution in [2.45, 2.75) is 40.0 Å². The molecule has 2 aromatic rings. The summed E-state index contributed by atoms with van der Waals surface area (Å²) in [4.78, 5) is 4.40. The first-order valence-electron chi connectivity index (χ1n) is 6.61. The molecule has 2 rings (SSSR count). The minimum absolute atomic E-state index is 0.403. The number of nitrogens with one attached hydrogen (secondary N) is 1. The van der Waals surface area contributed by atoms with E-state index >= 15 is 0 Å². The second-order valence-electron chi connectivity index (χ2n) is 4.92. The van der Waals surface area contributed by atoms with Gasteiger partial charge in [-0.05, 0) is 19.1 Å². The third kappa shape index (κ3) is 4.20. The normalized spacial score (nSPS) is 11.1. The van der Waals surface area contributed by atoms with Gasteiger partial charge in [-0.3, -0.25) is 0 Å². The van der Waals surface area contributed by atoms with Gasteiger partial charge in [-0.1, -0.05) is 31.5 Å². The lowest BCUT2D eigenvalue weighted by atomic mass is 10.2. The lowest BCUT2D eigenvalue weighted by Gasteiger charge is -2.14. The van der Waals surface area contributed by atoms with Crippen molar-refractivity contribution >= 4 is 22.9 Å². The van der Waals surface area contributed by atoms with Gasteiger partial charge in [-0.15, -0.1) is 11.3 Å². The Bertz CT molecular complexity index is 569. The van der Waals surface area contributed by atoms with Crippen molar-refractivity contribution in [3.05, 3.63) is 44.9 Å². The molecule has 5 heteroatoms. The van der Waals surface area contributed by atoms with Crippen LogP contribution in [0.15, 0.2) is 23.6 Å². The highest BCUT2D eigenvalue weighted by molar-refractivity contribution is 7.09. The van der Waals surface area contributed by atoms with E-state index in [2.05, 4.69) is 24.1 Å². The van der Waals surface area contributed by atoms with Crippen LogP contribution >= 0.6 is 22.9 Å². The number of halogens is 1. The van der Waals surface area contributed by atoms with Crippen molar-refractivity contribution in [3.8, 4) is 5.75 Å². The lowest BCUT2D eigenvalue weighted by molar-refractivity contribution is 0.301. The van der Waals surface area contributed by atoms with Crippen LogP contribution in [-0.4, -0.2) is 11.0 Å². The maximum atomic E-state index is 6.27. The molecule has 0 radical (unpaired) electrons. The molecule has 0 amide bonds. The van der Waals surface area contributed by atoms with E-state index < -0.39 is 0 Å². The van der Waals surface area contributed by atoms with Gasteiger partial charge >= 0.3 is 0 Å². The highest BCUT2D eigenvalue weighted by atomic mass is 35.5. The molecule has 1 aromatic heterocycles. The number of ether oxygens (including phenoxy) is 1. The maximum absolute atomic E-state index is 6.27. The molecular weight excluding hydrogens is 292 g/mol. The number of hydrogen-bond donors (Lipinski definition) is 1.